The highest BCUT2D eigenvalue weighted by Crippen LogP contribution is 2.37. The Bertz CT molecular complexity index is 901. The number of carbonyl (C=O) groups excluding carboxylic acids is 2. The second-order valence-electron chi connectivity index (χ2n) is 9.88. The number of rotatable bonds is 7. The summed E-state index contributed by atoms with van der Waals surface area (Å²) in [4.78, 5) is 26.2. The van der Waals surface area contributed by atoms with Gasteiger partial charge in [-0.25, -0.2) is 0 Å². The van der Waals surface area contributed by atoms with Crippen LogP contribution >= 0.6 is 23.4 Å². The molecule has 176 valence electrons. The molecule has 6 nitrogen and oxygen atoms in total. The van der Waals surface area contributed by atoms with E-state index in [1.165, 1.54) is 0 Å². The molecule has 0 aliphatic carbocycles. The normalized spacial score (nSPS) is 21.4. The predicted molar refractivity (Wildman–Crippen MR) is 137 cm³/mol. The van der Waals surface area contributed by atoms with Crippen molar-refractivity contribution in [2.24, 2.45) is 0 Å². The molecule has 0 bridgehead atoms. The summed E-state index contributed by atoms with van der Waals surface area (Å²) in [5, 5.41) is 6.48. The lowest BCUT2D eigenvalue weighted by atomic mass is 10.0. The number of para-hydroxylation sites is 1. The summed E-state index contributed by atoms with van der Waals surface area (Å²) in [5.41, 5.74) is 1.77. The quantitative estimate of drug-likeness (QED) is 0.306. The maximum atomic E-state index is 12.0. The van der Waals surface area contributed by atoms with Crippen LogP contribution in [0, 0.1) is 0 Å². The molecule has 2 N–H and O–H groups in total. The monoisotopic (exact) mass is 495 g/mol. The number of nitrogens with zero attached hydrogens (tertiary/aromatic N) is 1. The molecule has 2 aliphatic rings. The number of imide groups is 1. The van der Waals surface area contributed by atoms with Crippen molar-refractivity contribution in [1.82, 2.24) is 10.6 Å². The Balaban J connectivity index is 1.65. The largest absolute Gasteiger partial charge is 0.416 e. The van der Waals surface area contributed by atoms with Gasteiger partial charge in [-0.15, -0.1) is 0 Å². The zero-order valence-corrected chi connectivity index (χ0v) is 22.2. The van der Waals surface area contributed by atoms with Gasteiger partial charge in [-0.3, -0.25) is 14.9 Å². The Morgan fingerprint density at radius 2 is 2.09 bits per heavy atom. The molecule has 2 heterocycles. The minimum atomic E-state index is -1.73. The minimum Gasteiger partial charge on any atom is -0.416 e. The first-order valence-corrected chi connectivity index (χ1v) is 15.2. The van der Waals surface area contributed by atoms with Crippen molar-refractivity contribution in [3.63, 3.8) is 0 Å². The summed E-state index contributed by atoms with van der Waals surface area (Å²) in [6.07, 6.45) is 3.91. The van der Waals surface area contributed by atoms with E-state index in [2.05, 4.69) is 49.4 Å². The van der Waals surface area contributed by atoms with Crippen molar-refractivity contribution in [3.05, 3.63) is 33.7 Å². The second kappa shape index (κ2) is 10.3. The van der Waals surface area contributed by atoms with E-state index in [9.17, 15) is 9.59 Å². The van der Waals surface area contributed by atoms with Crippen LogP contribution in [-0.4, -0.2) is 51.7 Å². The SMILES string of the molecule is CC(C)(C)[Si](C)(C)OCCN[C@@H]1CCCN(c2c(Cl)cccc2C=C2SC(=O)NC2=O)C1. The number of hydrogen-bond donors (Lipinski definition) is 2. The van der Waals surface area contributed by atoms with E-state index in [1.807, 2.05) is 18.2 Å². The Labute approximate surface area is 201 Å². The van der Waals surface area contributed by atoms with Crippen molar-refractivity contribution in [3.8, 4) is 0 Å². The number of thioether (sulfide) groups is 1. The van der Waals surface area contributed by atoms with Crippen LogP contribution in [0.2, 0.25) is 23.2 Å². The van der Waals surface area contributed by atoms with Gasteiger partial charge in [-0.2, -0.15) is 0 Å². The van der Waals surface area contributed by atoms with Gasteiger partial charge in [-0.05, 0) is 54.9 Å². The summed E-state index contributed by atoms with van der Waals surface area (Å²) in [6, 6.07) is 6.02. The Morgan fingerprint density at radius 3 is 2.75 bits per heavy atom. The third kappa shape index (κ3) is 6.17. The van der Waals surface area contributed by atoms with E-state index in [-0.39, 0.29) is 16.2 Å². The van der Waals surface area contributed by atoms with Crippen LogP contribution in [0.25, 0.3) is 6.08 Å². The molecule has 1 aromatic carbocycles. The van der Waals surface area contributed by atoms with E-state index >= 15 is 0 Å². The average Bonchev–Trinajstić information content (AvgIpc) is 3.01. The summed E-state index contributed by atoms with van der Waals surface area (Å²) in [5.74, 6) is -0.356. The lowest BCUT2D eigenvalue weighted by molar-refractivity contribution is -0.115. The molecule has 3 rings (SSSR count). The lowest BCUT2D eigenvalue weighted by Gasteiger charge is -2.38. The Hall–Kier alpha value is -1.32. The number of hydrogen-bond acceptors (Lipinski definition) is 6. The Morgan fingerprint density at radius 1 is 1.34 bits per heavy atom. The molecule has 0 unspecified atom stereocenters. The fourth-order valence-corrected chi connectivity index (χ4v) is 5.70. The number of halogens is 1. The highest BCUT2D eigenvalue weighted by Gasteiger charge is 2.37. The minimum absolute atomic E-state index is 0.211. The smallest absolute Gasteiger partial charge is 0.290 e. The predicted octanol–water partition coefficient (Wildman–Crippen LogP) is 5.24. The number of piperidine rings is 1. The van der Waals surface area contributed by atoms with Crippen LogP contribution in [0.3, 0.4) is 0 Å². The van der Waals surface area contributed by atoms with Gasteiger partial charge in [0, 0.05) is 37.8 Å². The zero-order chi connectivity index (χ0) is 23.5. The molecule has 0 spiro atoms. The van der Waals surface area contributed by atoms with Gasteiger partial charge in [0.15, 0.2) is 8.32 Å². The van der Waals surface area contributed by atoms with Crippen LogP contribution in [0.1, 0.15) is 39.2 Å². The maximum Gasteiger partial charge on any atom is 0.290 e. The van der Waals surface area contributed by atoms with Crippen molar-refractivity contribution < 1.29 is 14.0 Å². The van der Waals surface area contributed by atoms with E-state index in [0.717, 1.165) is 62.1 Å². The summed E-state index contributed by atoms with van der Waals surface area (Å²) in [6.45, 7) is 14.6. The van der Waals surface area contributed by atoms with E-state index in [1.54, 1.807) is 6.08 Å². The van der Waals surface area contributed by atoms with Crippen molar-refractivity contribution in [1.29, 1.82) is 0 Å². The molecule has 1 atom stereocenters. The molecule has 0 aromatic heterocycles. The molecule has 9 heteroatoms. The summed E-state index contributed by atoms with van der Waals surface area (Å²) < 4.78 is 6.29. The van der Waals surface area contributed by atoms with E-state index in [4.69, 9.17) is 16.0 Å². The molecule has 2 saturated heterocycles. The standard InChI is InChI=1S/C23H34ClN3O3SSi/c1-23(2,3)32(4,5)30-13-11-25-17-9-7-12-27(15-17)20-16(8-6-10-18(20)24)14-19-21(28)26-22(29)31-19/h6,8,10,14,17,25H,7,9,11-13,15H2,1-5H3,(H,26,28,29)/t17-/m1/s1. The molecule has 1 aromatic rings. The number of benzene rings is 1. The summed E-state index contributed by atoms with van der Waals surface area (Å²) in [7, 11) is -1.73. The molecule has 2 fully saturated rings. The van der Waals surface area contributed by atoms with Crippen molar-refractivity contribution >= 4 is 54.6 Å². The molecule has 32 heavy (non-hydrogen) atoms. The fourth-order valence-electron chi connectivity index (χ4n) is 3.68. The van der Waals surface area contributed by atoms with Crippen LogP contribution in [0.15, 0.2) is 23.1 Å². The van der Waals surface area contributed by atoms with Crippen molar-refractivity contribution in [2.45, 2.75) is 57.8 Å². The molecule has 2 amide bonds. The van der Waals surface area contributed by atoms with Crippen LogP contribution < -0.4 is 15.5 Å². The van der Waals surface area contributed by atoms with Crippen LogP contribution in [0.4, 0.5) is 10.5 Å². The van der Waals surface area contributed by atoms with Gasteiger partial charge in [0.2, 0.25) is 0 Å². The van der Waals surface area contributed by atoms with Gasteiger partial charge in [0.25, 0.3) is 11.1 Å². The molecule has 2 aliphatic heterocycles. The lowest BCUT2D eigenvalue weighted by Crippen LogP contribution is -2.48. The first kappa shape index (κ1) is 25.3. The zero-order valence-electron chi connectivity index (χ0n) is 19.6. The Kier molecular flexibility index (Phi) is 8.14. The maximum absolute atomic E-state index is 12.0. The van der Waals surface area contributed by atoms with Gasteiger partial charge < -0.3 is 14.6 Å². The molecule has 0 saturated carbocycles. The highest BCUT2D eigenvalue weighted by atomic mass is 35.5. The summed E-state index contributed by atoms with van der Waals surface area (Å²) >= 11 is 7.52. The van der Waals surface area contributed by atoms with Crippen molar-refractivity contribution in [2.75, 3.05) is 31.1 Å². The van der Waals surface area contributed by atoms with Gasteiger partial charge in [0.05, 0.1) is 15.6 Å². The topological polar surface area (TPSA) is 70.7 Å². The highest BCUT2D eigenvalue weighted by molar-refractivity contribution is 8.18. The average molecular weight is 496 g/mol. The van der Waals surface area contributed by atoms with E-state index < -0.39 is 8.32 Å². The first-order valence-electron chi connectivity index (χ1n) is 11.1. The molecular weight excluding hydrogens is 462 g/mol. The van der Waals surface area contributed by atoms with Gasteiger partial charge in [-0.1, -0.05) is 44.5 Å². The van der Waals surface area contributed by atoms with Crippen LogP contribution in [0.5, 0.6) is 0 Å². The first-order chi connectivity index (χ1) is 15.0. The second-order valence-corrected chi connectivity index (χ2v) is 16.1. The molecular formula is C23H34ClN3O3SSi. The third-order valence-corrected chi connectivity index (χ3v) is 12.1. The molecule has 0 radical (unpaired) electrons. The third-order valence-electron chi connectivity index (χ3n) is 6.49. The number of carbonyl (C=O) groups is 2. The van der Waals surface area contributed by atoms with Gasteiger partial charge in [0.1, 0.15) is 0 Å². The van der Waals surface area contributed by atoms with Crippen LogP contribution in [-0.2, 0) is 9.22 Å². The number of anilines is 1. The fraction of sp³-hybridized carbons (Fsp3) is 0.565. The van der Waals surface area contributed by atoms with Gasteiger partial charge >= 0.3 is 0 Å². The number of amides is 2. The van der Waals surface area contributed by atoms with E-state index in [0.29, 0.717) is 16.0 Å². The number of nitrogens with one attached hydrogen (secondary N) is 2.